The summed E-state index contributed by atoms with van der Waals surface area (Å²) in [4.78, 5) is 13.3. The number of nitrogens with one attached hydrogen (secondary N) is 1. The number of rotatable bonds is 2. The molecule has 2 heterocycles. The minimum atomic E-state index is -0.471. The van der Waals surface area contributed by atoms with E-state index in [1.54, 1.807) is 11.3 Å². The molecule has 0 bridgehead atoms. The molecular weight excluding hydrogens is 264 g/mol. The zero-order chi connectivity index (χ0) is 13.3. The molecule has 18 heavy (non-hydrogen) atoms. The minimum Gasteiger partial charge on any atom is -0.352 e. The van der Waals surface area contributed by atoms with E-state index in [2.05, 4.69) is 11.4 Å². The van der Waals surface area contributed by atoms with E-state index in [9.17, 15) is 10.1 Å². The number of ketones is 1. The summed E-state index contributed by atoms with van der Waals surface area (Å²) in [5.74, 6) is -0.719. The Morgan fingerprint density at radius 3 is 2.83 bits per heavy atom. The number of allylic oxidation sites excluding steroid dienone is 2. The van der Waals surface area contributed by atoms with Gasteiger partial charge in [-0.05, 0) is 25.3 Å². The van der Waals surface area contributed by atoms with Gasteiger partial charge in [0.1, 0.15) is 5.92 Å². The maximum atomic E-state index is 11.8. The molecule has 1 N–H and O–H groups in total. The molecule has 1 aliphatic heterocycles. The molecule has 0 spiro atoms. The lowest BCUT2D eigenvalue weighted by Gasteiger charge is -2.30. The van der Waals surface area contributed by atoms with Crippen molar-refractivity contribution in [1.29, 1.82) is 5.26 Å². The second-order valence-corrected chi connectivity index (χ2v) is 5.60. The predicted octanol–water partition coefficient (Wildman–Crippen LogP) is 2.77. The van der Waals surface area contributed by atoms with E-state index in [0.717, 1.165) is 10.6 Å². The van der Waals surface area contributed by atoms with Crippen LogP contribution in [-0.2, 0) is 4.79 Å². The highest BCUT2D eigenvalue weighted by molar-refractivity contribution is 7.80. The number of hydrogen-bond acceptors (Lipinski definition) is 4. The van der Waals surface area contributed by atoms with Crippen molar-refractivity contribution in [3.05, 3.63) is 33.7 Å². The first-order valence-electron chi connectivity index (χ1n) is 5.52. The molecule has 2 atom stereocenters. The van der Waals surface area contributed by atoms with Crippen molar-refractivity contribution < 1.29 is 4.79 Å². The van der Waals surface area contributed by atoms with E-state index < -0.39 is 5.92 Å². The number of carbonyl (C=O) groups is 1. The molecule has 5 heteroatoms. The van der Waals surface area contributed by atoms with Gasteiger partial charge in [-0.1, -0.05) is 18.3 Å². The second kappa shape index (κ2) is 5.01. The predicted molar refractivity (Wildman–Crippen MR) is 75.3 cm³/mol. The monoisotopic (exact) mass is 276 g/mol. The quantitative estimate of drug-likeness (QED) is 0.844. The highest BCUT2D eigenvalue weighted by atomic mass is 32.1. The van der Waals surface area contributed by atoms with Gasteiger partial charge in [-0.15, -0.1) is 11.3 Å². The Balaban J connectivity index is 2.60. The molecule has 3 nitrogen and oxygen atoms in total. The first kappa shape index (κ1) is 12.9. The summed E-state index contributed by atoms with van der Waals surface area (Å²) >= 11 is 6.77. The van der Waals surface area contributed by atoms with Gasteiger partial charge in [-0.3, -0.25) is 4.79 Å². The van der Waals surface area contributed by atoms with Crippen LogP contribution in [0.3, 0.4) is 0 Å². The Labute approximate surface area is 115 Å². The Kier molecular flexibility index (Phi) is 3.60. The van der Waals surface area contributed by atoms with Gasteiger partial charge in [0.25, 0.3) is 0 Å². The summed E-state index contributed by atoms with van der Waals surface area (Å²) in [5, 5.41) is 14.2. The van der Waals surface area contributed by atoms with E-state index in [-0.39, 0.29) is 11.7 Å². The summed E-state index contributed by atoms with van der Waals surface area (Å²) in [6, 6.07) is 6.09. The third-order valence-electron chi connectivity index (χ3n) is 3.01. The first-order valence-corrected chi connectivity index (χ1v) is 6.80. The molecule has 0 radical (unpaired) electrons. The van der Waals surface area contributed by atoms with E-state index in [0.29, 0.717) is 10.6 Å². The standard InChI is InChI=1S/C13H12N2OS2/c1-7-11(8(2)16)12(10-4-3-5-18-10)9(6-14)13(17)15-7/h3-5,9,12H,1-2H3,(H,15,17). The summed E-state index contributed by atoms with van der Waals surface area (Å²) in [7, 11) is 0. The molecule has 0 saturated heterocycles. The Morgan fingerprint density at radius 1 is 1.61 bits per heavy atom. The van der Waals surface area contributed by atoms with E-state index >= 15 is 0 Å². The van der Waals surface area contributed by atoms with Crippen molar-refractivity contribution in [2.24, 2.45) is 5.92 Å². The number of nitrogens with zero attached hydrogens (tertiary/aromatic N) is 1. The van der Waals surface area contributed by atoms with Gasteiger partial charge in [-0.25, -0.2) is 0 Å². The van der Waals surface area contributed by atoms with E-state index in [1.165, 1.54) is 6.92 Å². The van der Waals surface area contributed by atoms with Crippen LogP contribution >= 0.6 is 23.6 Å². The number of hydrogen-bond donors (Lipinski definition) is 1. The number of thiophene rings is 1. The lowest BCUT2D eigenvalue weighted by atomic mass is 9.80. The molecule has 0 aliphatic carbocycles. The molecular formula is C13H12N2OS2. The van der Waals surface area contributed by atoms with Crippen molar-refractivity contribution in [2.75, 3.05) is 0 Å². The highest BCUT2D eigenvalue weighted by Crippen LogP contribution is 2.39. The van der Waals surface area contributed by atoms with Gasteiger partial charge in [0.2, 0.25) is 0 Å². The smallest absolute Gasteiger partial charge is 0.158 e. The van der Waals surface area contributed by atoms with Crippen LogP contribution in [0.2, 0.25) is 0 Å². The van der Waals surface area contributed by atoms with Gasteiger partial charge in [-0.2, -0.15) is 5.26 Å². The topological polar surface area (TPSA) is 52.9 Å². The summed E-state index contributed by atoms with van der Waals surface area (Å²) < 4.78 is 0. The van der Waals surface area contributed by atoms with Gasteiger partial charge >= 0.3 is 0 Å². The Hall–Kier alpha value is -1.51. The van der Waals surface area contributed by atoms with Gasteiger partial charge in [0, 0.05) is 22.1 Å². The lowest BCUT2D eigenvalue weighted by molar-refractivity contribution is -0.114. The lowest BCUT2D eigenvalue weighted by Crippen LogP contribution is -2.39. The Morgan fingerprint density at radius 2 is 2.33 bits per heavy atom. The third-order valence-corrected chi connectivity index (χ3v) is 4.32. The van der Waals surface area contributed by atoms with Crippen molar-refractivity contribution in [3.8, 4) is 6.07 Å². The van der Waals surface area contributed by atoms with Crippen molar-refractivity contribution >= 4 is 34.3 Å². The zero-order valence-corrected chi connectivity index (χ0v) is 11.7. The minimum absolute atomic E-state index is 0.0128. The molecule has 0 fully saturated rings. The van der Waals surface area contributed by atoms with Crippen molar-refractivity contribution in [2.45, 2.75) is 19.8 Å². The number of thiocarbonyl (C=S) groups is 1. The van der Waals surface area contributed by atoms with Gasteiger partial charge < -0.3 is 5.32 Å². The molecule has 0 aromatic carbocycles. The number of carbonyl (C=O) groups excluding carboxylic acids is 1. The van der Waals surface area contributed by atoms with Crippen molar-refractivity contribution in [1.82, 2.24) is 5.32 Å². The first-order chi connectivity index (χ1) is 8.56. The van der Waals surface area contributed by atoms with Crippen LogP contribution in [0.4, 0.5) is 0 Å². The number of nitriles is 1. The number of Topliss-reactive ketones (excluding diaryl/α,β-unsaturated/α-hetero) is 1. The van der Waals surface area contributed by atoms with E-state index in [1.807, 2.05) is 24.4 Å². The summed E-state index contributed by atoms with van der Waals surface area (Å²) in [6.07, 6.45) is 0. The van der Waals surface area contributed by atoms with E-state index in [4.69, 9.17) is 12.2 Å². The molecule has 1 aliphatic rings. The maximum absolute atomic E-state index is 11.8. The average Bonchev–Trinajstić information content (AvgIpc) is 2.80. The average molecular weight is 276 g/mol. The van der Waals surface area contributed by atoms with Crippen LogP contribution in [0.15, 0.2) is 28.8 Å². The maximum Gasteiger partial charge on any atom is 0.158 e. The largest absolute Gasteiger partial charge is 0.352 e. The third kappa shape index (κ3) is 2.09. The van der Waals surface area contributed by atoms with Gasteiger partial charge in [0.05, 0.1) is 11.1 Å². The van der Waals surface area contributed by atoms with Crippen molar-refractivity contribution in [3.63, 3.8) is 0 Å². The zero-order valence-electron chi connectivity index (χ0n) is 10.1. The van der Waals surface area contributed by atoms with Crippen LogP contribution < -0.4 is 5.32 Å². The van der Waals surface area contributed by atoms with Crippen LogP contribution in [0.5, 0.6) is 0 Å². The second-order valence-electron chi connectivity index (χ2n) is 4.18. The van der Waals surface area contributed by atoms with Crippen LogP contribution in [0.1, 0.15) is 24.6 Å². The SMILES string of the molecule is CC(=O)C1=C(C)NC(=S)C(C#N)C1c1cccs1. The molecule has 1 aromatic heterocycles. The summed E-state index contributed by atoms with van der Waals surface area (Å²) in [5.41, 5.74) is 1.43. The molecule has 1 aromatic rings. The molecule has 0 saturated carbocycles. The summed E-state index contributed by atoms with van der Waals surface area (Å²) in [6.45, 7) is 3.36. The fourth-order valence-corrected chi connectivity index (χ4v) is 3.49. The highest BCUT2D eigenvalue weighted by Gasteiger charge is 2.37. The van der Waals surface area contributed by atoms with Crippen LogP contribution in [-0.4, -0.2) is 10.8 Å². The molecule has 92 valence electrons. The molecule has 2 rings (SSSR count). The Bertz CT molecular complexity index is 566. The fraction of sp³-hybridized carbons (Fsp3) is 0.308. The normalized spacial score (nSPS) is 23.5. The molecule has 0 amide bonds. The van der Waals surface area contributed by atoms with Crippen LogP contribution in [0.25, 0.3) is 0 Å². The van der Waals surface area contributed by atoms with Crippen LogP contribution in [0, 0.1) is 17.2 Å². The fourth-order valence-electron chi connectivity index (χ4n) is 2.27. The molecule has 2 unspecified atom stereocenters. The van der Waals surface area contributed by atoms with Gasteiger partial charge in [0.15, 0.2) is 5.78 Å².